The van der Waals surface area contributed by atoms with Crippen molar-refractivity contribution in [3.63, 3.8) is 0 Å². The fraction of sp³-hybridized carbons (Fsp3) is 0.0968. The Hall–Kier alpha value is -4.22. The van der Waals surface area contributed by atoms with Gasteiger partial charge in [-0.15, -0.1) is 0 Å². The number of benzene rings is 4. The lowest BCUT2D eigenvalue weighted by Crippen LogP contribution is -2.23. The number of hydrogen-bond acceptors (Lipinski definition) is 2. The summed E-state index contributed by atoms with van der Waals surface area (Å²) in [6, 6.07) is 27.7. The van der Waals surface area contributed by atoms with Crippen LogP contribution in [0.25, 0.3) is 10.8 Å². The van der Waals surface area contributed by atoms with Gasteiger partial charge in [-0.05, 0) is 64.9 Å². The first-order chi connectivity index (χ1) is 18.0. The molecule has 37 heavy (non-hydrogen) atoms. The van der Waals surface area contributed by atoms with Crippen molar-refractivity contribution in [2.24, 2.45) is 0 Å². The Balaban J connectivity index is 1.23. The monoisotopic (exact) mass is 510 g/mol. The lowest BCUT2D eigenvalue weighted by Gasteiger charge is -2.10. The van der Waals surface area contributed by atoms with Crippen LogP contribution in [0.2, 0.25) is 5.02 Å². The number of nitrogens with one attached hydrogen (secondary N) is 2. The van der Waals surface area contributed by atoms with Crippen LogP contribution in [0.3, 0.4) is 0 Å². The van der Waals surface area contributed by atoms with Gasteiger partial charge in [0.2, 0.25) is 0 Å². The smallest absolute Gasteiger partial charge is 0.251 e. The Morgan fingerprint density at radius 2 is 1.59 bits per heavy atom. The summed E-state index contributed by atoms with van der Waals surface area (Å²) in [5.74, 6) is -0.621. The standard InChI is InChI=1S/C31H24ClFN2O2/c32-27-12-13-28-23(18-27)10-11-26(29(28)33)19-35-31(37)24-4-1-3-22(17-24)15-20-6-8-21(9-7-20)16-25-5-2-14-34-30(25)36/h1-14,17-18H,15-16,19H2,(H,34,36)(H,35,37). The van der Waals surface area contributed by atoms with Gasteiger partial charge in [0.15, 0.2) is 0 Å². The molecule has 5 rings (SSSR count). The van der Waals surface area contributed by atoms with E-state index in [2.05, 4.69) is 10.3 Å². The maximum atomic E-state index is 14.9. The number of H-pyrrole nitrogens is 1. The lowest BCUT2D eigenvalue weighted by atomic mass is 9.99. The molecule has 6 heteroatoms. The molecule has 0 aliphatic heterocycles. The Labute approximate surface area is 218 Å². The molecule has 1 amide bonds. The number of rotatable bonds is 7. The largest absolute Gasteiger partial charge is 0.348 e. The minimum Gasteiger partial charge on any atom is -0.348 e. The highest BCUT2D eigenvalue weighted by Crippen LogP contribution is 2.24. The van der Waals surface area contributed by atoms with E-state index >= 15 is 0 Å². The van der Waals surface area contributed by atoms with Crippen molar-refractivity contribution in [2.75, 3.05) is 0 Å². The summed E-state index contributed by atoms with van der Waals surface area (Å²) in [5, 5.41) is 4.56. The molecule has 4 nitrogen and oxygen atoms in total. The zero-order chi connectivity index (χ0) is 25.8. The second-order valence-electron chi connectivity index (χ2n) is 8.98. The summed E-state index contributed by atoms with van der Waals surface area (Å²) in [6.45, 7) is 0.0825. The average Bonchev–Trinajstić information content (AvgIpc) is 2.90. The number of hydrogen-bond donors (Lipinski definition) is 2. The fourth-order valence-corrected chi connectivity index (χ4v) is 4.55. The van der Waals surface area contributed by atoms with Gasteiger partial charge in [-0.2, -0.15) is 0 Å². The molecular formula is C31H24ClFN2O2. The van der Waals surface area contributed by atoms with Gasteiger partial charge in [0.05, 0.1) is 0 Å². The first-order valence-corrected chi connectivity index (χ1v) is 12.3. The number of aromatic amines is 1. The van der Waals surface area contributed by atoms with Crippen molar-refractivity contribution in [1.29, 1.82) is 0 Å². The van der Waals surface area contributed by atoms with Crippen molar-refractivity contribution in [3.05, 3.63) is 152 Å². The van der Waals surface area contributed by atoms with Crippen LogP contribution in [0.5, 0.6) is 0 Å². The second-order valence-corrected chi connectivity index (χ2v) is 9.42. The van der Waals surface area contributed by atoms with E-state index in [1.807, 2.05) is 54.6 Å². The molecule has 0 bridgehead atoms. The van der Waals surface area contributed by atoms with E-state index in [9.17, 15) is 14.0 Å². The average molecular weight is 511 g/mol. The molecule has 1 heterocycles. The number of carbonyl (C=O) groups is 1. The van der Waals surface area contributed by atoms with Crippen molar-refractivity contribution < 1.29 is 9.18 Å². The molecule has 184 valence electrons. The van der Waals surface area contributed by atoms with E-state index in [0.29, 0.717) is 34.4 Å². The Bertz CT molecular complexity index is 1640. The summed E-state index contributed by atoms with van der Waals surface area (Å²) in [6.07, 6.45) is 2.86. The van der Waals surface area contributed by atoms with Crippen LogP contribution in [0, 0.1) is 5.82 Å². The molecule has 0 atom stereocenters. The van der Waals surface area contributed by atoms with Crippen molar-refractivity contribution >= 4 is 28.3 Å². The number of amides is 1. The third-order valence-electron chi connectivity index (χ3n) is 6.35. The summed E-state index contributed by atoms with van der Waals surface area (Å²) >= 11 is 6.00. The molecule has 0 fully saturated rings. The fourth-order valence-electron chi connectivity index (χ4n) is 4.37. The van der Waals surface area contributed by atoms with Crippen LogP contribution in [-0.4, -0.2) is 10.9 Å². The molecule has 0 saturated heterocycles. The lowest BCUT2D eigenvalue weighted by molar-refractivity contribution is 0.0950. The quantitative estimate of drug-likeness (QED) is 0.265. The van der Waals surface area contributed by atoms with Crippen molar-refractivity contribution in [3.8, 4) is 0 Å². The SMILES string of the molecule is O=C(NCc1ccc2cc(Cl)ccc2c1F)c1cccc(Cc2ccc(Cc3ccc[nH]c3=O)cc2)c1. The third kappa shape index (κ3) is 5.79. The van der Waals surface area contributed by atoms with E-state index < -0.39 is 0 Å². The van der Waals surface area contributed by atoms with Gasteiger partial charge >= 0.3 is 0 Å². The Morgan fingerprint density at radius 1 is 0.811 bits per heavy atom. The van der Waals surface area contributed by atoms with Gasteiger partial charge in [-0.25, -0.2) is 4.39 Å². The van der Waals surface area contributed by atoms with E-state index in [-0.39, 0.29) is 23.8 Å². The maximum absolute atomic E-state index is 14.9. The maximum Gasteiger partial charge on any atom is 0.251 e. The summed E-state index contributed by atoms with van der Waals surface area (Å²) in [4.78, 5) is 27.4. The van der Waals surface area contributed by atoms with Crippen LogP contribution in [0.4, 0.5) is 4.39 Å². The summed E-state index contributed by atoms with van der Waals surface area (Å²) < 4.78 is 14.9. The molecular weight excluding hydrogens is 487 g/mol. The van der Waals surface area contributed by atoms with Gasteiger partial charge < -0.3 is 10.3 Å². The zero-order valence-corrected chi connectivity index (χ0v) is 20.7. The van der Waals surface area contributed by atoms with Crippen LogP contribution in [-0.2, 0) is 19.4 Å². The minimum absolute atomic E-state index is 0.0741. The Morgan fingerprint density at radius 3 is 2.38 bits per heavy atom. The molecule has 2 N–H and O–H groups in total. The van der Waals surface area contributed by atoms with Gasteiger partial charge in [-0.1, -0.05) is 66.2 Å². The Kier molecular flexibility index (Phi) is 7.15. The van der Waals surface area contributed by atoms with Crippen molar-refractivity contribution in [1.82, 2.24) is 10.3 Å². The molecule has 5 aromatic rings. The van der Waals surface area contributed by atoms with E-state index in [1.165, 1.54) is 0 Å². The van der Waals surface area contributed by atoms with Gasteiger partial charge in [0.1, 0.15) is 5.82 Å². The highest BCUT2D eigenvalue weighted by molar-refractivity contribution is 6.31. The summed E-state index contributed by atoms with van der Waals surface area (Å²) in [7, 11) is 0. The third-order valence-corrected chi connectivity index (χ3v) is 6.59. The van der Waals surface area contributed by atoms with E-state index in [0.717, 1.165) is 27.6 Å². The molecule has 1 aromatic heterocycles. The first-order valence-electron chi connectivity index (χ1n) is 11.9. The number of carbonyl (C=O) groups excluding carboxylic acids is 1. The molecule has 4 aromatic carbocycles. The molecule has 0 aliphatic rings. The molecule has 0 radical (unpaired) electrons. The van der Waals surface area contributed by atoms with Crippen LogP contribution < -0.4 is 10.9 Å². The van der Waals surface area contributed by atoms with Crippen LogP contribution >= 0.6 is 11.6 Å². The highest BCUT2D eigenvalue weighted by Gasteiger charge is 2.11. The molecule has 0 spiro atoms. The minimum atomic E-state index is -0.358. The van der Waals surface area contributed by atoms with Crippen LogP contribution in [0.15, 0.2) is 102 Å². The molecule has 0 saturated carbocycles. The topological polar surface area (TPSA) is 62.0 Å². The highest BCUT2D eigenvalue weighted by atomic mass is 35.5. The normalized spacial score (nSPS) is 11.0. The van der Waals surface area contributed by atoms with Gasteiger partial charge in [0.25, 0.3) is 11.5 Å². The van der Waals surface area contributed by atoms with Gasteiger partial charge in [0, 0.05) is 46.3 Å². The van der Waals surface area contributed by atoms with Gasteiger partial charge in [-0.3, -0.25) is 9.59 Å². The number of pyridine rings is 1. The summed E-state index contributed by atoms with van der Waals surface area (Å²) in [5.41, 5.74) is 4.73. The predicted molar refractivity (Wildman–Crippen MR) is 146 cm³/mol. The molecule has 0 aliphatic carbocycles. The zero-order valence-electron chi connectivity index (χ0n) is 19.9. The first kappa shape index (κ1) is 24.5. The molecule has 0 unspecified atom stereocenters. The number of halogens is 2. The second kappa shape index (κ2) is 10.8. The predicted octanol–water partition coefficient (Wildman–Crippen LogP) is 6.43. The van der Waals surface area contributed by atoms with E-state index in [1.54, 1.807) is 42.6 Å². The number of aromatic nitrogens is 1. The number of fused-ring (bicyclic) bond motifs is 1. The van der Waals surface area contributed by atoms with Crippen LogP contribution in [0.1, 0.15) is 38.2 Å². The van der Waals surface area contributed by atoms with Crippen molar-refractivity contribution in [2.45, 2.75) is 19.4 Å². The van der Waals surface area contributed by atoms with E-state index in [4.69, 9.17) is 11.6 Å².